The summed E-state index contributed by atoms with van der Waals surface area (Å²) in [6, 6.07) is 3.04. The zero-order valence-corrected chi connectivity index (χ0v) is 11.4. The van der Waals surface area contributed by atoms with Gasteiger partial charge in [-0.15, -0.1) is 11.3 Å². The zero-order chi connectivity index (χ0) is 12.1. The third-order valence-electron chi connectivity index (χ3n) is 2.90. The fourth-order valence-corrected chi connectivity index (χ4v) is 2.67. The van der Waals surface area contributed by atoms with Crippen molar-refractivity contribution in [2.75, 3.05) is 20.3 Å². The van der Waals surface area contributed by atoms with Gasteiger partial charge in [-0.05, 0) is 31.4 Å². The third-order valence-corrected chi connectivity index (χ3v) is 4.00. The van der Waals surface area contributed by atoms with Crippen molar-refractivity contribution in [1.82, 2.24) is 5.32 Å². The molecule has 1 N–H and O–H groups in total. The quantitative estimate of drug-likeness (QED) is 0.724. The van der Waals surface area contributed by atoms with Gasteiger partial charge in [0.15, 0.2) is 0 Å². The SMILES string of the molecule is COCCOCc1cc(CNC2CC2)sc1C. The molecule has 1 saturated carbocycles. The van der Waals surface area contributed by atoms with Crippen LogP contribution in [-0.4, -0.2) is 26.4 Å². The van der Waals surface area contributed by atoms with Crippen molar-refractivity contribution >= 4 is 11.3 Å². The highest BCUT2D eigenvalue weighted by Crippen LogP contribution is 2.24. The van der Waals surface area contributed by atoms with Gasteiger partial charge < -0.3 is 14.8 Å². The molecule has 1 aliphatic carbocycles. The van der Waals surface area contributed by atoms with E-state index < -0.39 is 0 Å². The molecule has 0 radical (unpaired) electrons. The van der Waals surface area contributed by atoms with Gasteiger partial charge >= 0.3 is 0 Å². The number of rotatable bonds is 8. The Morgan fingerprint density at radius 1 is 1.41 bits per heavy atom. The Morgan fingerprint density at radius 2 is 2.24 bits per heavy atom. The van der Waals surface area contributed by atoms with Crippen LogP contribution in [-0.2, 0) is 22.6 Å². The van der Waals surface area contributed by atoms with Crippen LogP contribution in [0.4, 0.5) is 0 Å². The molecule has 4 heteroatoms. The lowest BCUT2D eigenvalue weighted by Gasteiger charge is -2.02. The number of thiophene rings is 1. The molecule has 0 amide bonds. The van der Waals surface area contributed by atoms with Gasteiger partial charge in [-0.2, -0.15) is 0 Å². The lowest BCUT2D eigenvalue weighted by molar-refractivity contribution is 0.0616. The van der Waals surface area contributed by atoms with Crippen molar-refractivity contribution in [2.45, 2.75) is 39.0 Å². The first-order valence-corrected chi connectivity index (χ1v) is 6.99. The van der Waals surface area contributed by atoms with Crippen molar-refractivity contribution in [3.05, 3.63) is 21.4 Å². The molecule has 3 nitrogen and oxygen atoms in total. The molecule has 1 heterocycles. The van der Waals surface area contributed by atoms with Crippen LogP contribution in [0.3, 0.4) is 0 Å². The Bertz CT molecular complexity index is 347. The Kier molecular flexibility index (Phi) is 4.98. The highest BCUT2D eigenvalue weighted by molar-refractivity contribution is 7.12. The summed E-state index contributed by atoms with van der Waals surface area (Å²) in [5, 5.41) is 3.54. The Balaban J connectivity index is 1.75. The second kappa shape index (κ2) is 6.50. The number of hydrogen-bond acceptors (Lipinski definition) is 4. The van der Waals surface area contributed by atoms with Gasteiger partial charge in [0, 0.05) is 29.5 Å². The van der Waals surface area contributed by atoms with Crippen molar-refractivity contribution < 1.29 is 9.47 Å². The summed E-state index contributed by atoms with van der Waals surface area (Å²) in [6.07, 6.45) is 2.69. The number of hydrogen-bond donors (Lipinski definition) is 1. The zero-order valence-electron chi connectivity index (χ0n) is 10.6. The molecule has 0 unspecified atom stereocenters. The summed E-state index contributed by atoms with van der Waals surface area (Å²) in [5.74, 6) is 0. The van der Waals surface area contributed by atoms with E-state index in [2.05, 4.69) is 18.3 Å². The third kappa shape index (κ3) is 4.39. The maximum atomic E-state index is 5.55. The summed E-state index contributed by atoms with van der Waals surface area (Å²) in [5.41, 5.74) is 1.32. The van der Waals surface area contributed by atoms with Crippen LogP contribution in [0.25, 0.3) is 0 Å². The van der Waals surface area contributed by atoms with Crippen molar-refractivity contribution in [1.29, 1.82) is 0 Å². The smallest absolute Gasteiger partial charge is 0.0728 e. The molecule has 1 aliphatic rings. The minimum absolute atomic E-state index is 0.666. The minimum Gasteiger partial charge on any atom is -0.382 e. The van der Waals surface area contributed by atoms with Gasteiger partial charge in [-0.1, -0.05) is 0 Å². The molecule has 0 spiro atoms. The Labute approximate surface area is 107 Å². The van der Waals surface area contributed by atoms with Gasteiger partial charge in [0.05, 0.1) is 19.8 Å². The van der Waals surface area contributed by atoms with Crippen LogP contribution in [0, 0.1) is 6.92 Å². The van der Waals surface area contributed by atoms with Crippen LogP contribution in [0.1, 0.15) is 28.2 Å². The highest BCUT2D eigenvalue weighted by Gasteiger charge is 2.20. The van der Waals surface area contributed by atoms with E-state index in [9.17, 15) is 0 Å². The Hall–Kier alpha value is -0.420. The number of nitrogens with one attached hydrogen (secondary N) is 1. The van der Waals surface area contributed by atoms with Crippen LogP contribution in [0.2, 0.25) is 0 Å². The summed E-state index contributed by atoms with van der Waals surface area (Å²) in [7, 11) is 1.70. The van der Waals surface area contributed by atoms with E-state index in [-0.39, 0.29) is 0 Å². The molecule has 2 rings (SSSR count). The van der Waals surface area contributed by atoms with E-state index >= 15 is 0 Å². The maximum Gasteiger partial charge on any atom is 0.0728 e. The highest BCUT2D eigenvalue weighted by atomic mass is 32.1. The van der Waals surface area contributed by atoms with E-state index in [1.807, 2.05) is 11.3 Å². The van der Waals surface area contributed by atoms with Gasteiger partial charge in [0.25, 0.3) is 0 Å². The predicted molar refractivity (Wildman–Crippen MR) is 70.4 cm³/mol. The number of aryl methyl sites for hydroxylation is 1. The first kappa shape index (κ1) is 13.0. The standard InChI is InChI=1S/C13H21NO2S/c1-10-11(9-16-6-5-15-2)7-13(17-10)8-14-12-3-4-12/h7,12,14H,3-6,8-9H2,1-2H3. The topological polar surface area (TPSA) is 30.5 Å². The fraction of sp³-hybridized carbons (Fsp3) is 0.692. The average Bonchev–Trinajstić information content (AvgIpc) is 3.08. The molecule has 0 saturated heterocycles. The molecule has 0 aliphatic heterocycles. The monoisotopic (exact) mass is 255 g/mol. The van der Waals surface area contributed by atoms with Gasteiger partial charge in [0.1, 0.15) is 0 Å². The lowest BCUT2D eigenvalue weighted by Crippen LogP contribution is -2.14. The number of methoxy groups -OCH3 is 1. The van der Waals surface area contributed by atoms with Crippen molar-refractivity contribution in [2.24, 2.45) is 0 Å². The fourth-order valence-electron chi connectivity index (χ4n) is 1.67. The van der Waals surface area contributed by atoms with E-state index in [1.165, 1.54) is 28.2 Å². The molecule has 1 aromatic heterocycles. The largest absolute Gasteiger partial charge is 0.382 e. The molecule has 1 fully saturated rings. The van der Waals surface area contributed by atoms with E-state index in [0.717, 1.165) is 12.6 Å². The molecule has 1 aromatic rings. The average molecular weight is 255 g/mol. The number of ether oxygens (including phenoxy) is 2. The van der Waals surface area contributed by atoms with E-state index in [0.29, 0.717) is 19.8 Å². The van der Waals surface area contributed by atoms with Crippen LogP contribution in [0.15, 0.2) is 6.07 Å². The predicted octanol–water partition coefficient (Wildman–Crippen LogP) is 2.47. The molecule has 0 aromatic carbocycles. The van der Waals surface area contributed by atoms with E-state index in [4.69, 9.17) is 9.47 Å². The molecule has 0 atom stereocenters. The van der Waals surface area contributed by atoms with Gasteiger partial charge in [0.2, 0.25) is 0 Å². The van der Waals surface area contributed by atoms with Gasteiger partial charge in [-0.3, -0.25) is 0 Å². The maximum absolute atomic E-state index is 5.55. The summed E-state index contributed by atoms with van der Waals surface area (Å²) < 4.78 is 10.5. The second-order valence-corrected chi connectivity index (χ2v) is 5.84. The molecular formula is C13H21NO2S. The summed E-state index contributed by atoms with van der Waals surface area (Å²) in [6.45, 7) is 5.21. The minimum atomic E-state index is 0.666. The molecular weight excluding hydrogens is 234 g/mol. The normalized spacial score (nSPS) is 15.4. The Morgan fingerprint density at radius 3 is 2.94 bits per heavy atom. The second-order valence-electron chi connectivity index (χ2n) is 4.49. The summed E-state index contributed by atoms with van der Waals surface area (Å²) in [4.78, 5) is 2.79. The molecule has 0 bridgehead atoms. The van der Waals surface area contributed by atoms with Crippen molar-refractivity contribution in [3.8, 4) is 0 Å². The lowest BCUT2D eigenvalue weighted by atomic mass is 10.2. The van der Waals surface area contributed by atoms with Crippen LogP contribution in [0.5, 0.6) is 0 Å². The van der Waals surface area contributed by atoms with Crippen LogP contribution < -0.4 is 5.32 Å². The van der Waals surface area contributed by atoms with Gasteiger partial charge in [-0.25, -0.2) is 0 Å². The first-order chi connectivity index (χ1) is 8.29. The van der Waals surface area contributed by atoms with Crippen LogP contribution >= 0.6 is 11.3 Å². The molecule has 96 valence electrons. The molecule has 17 heavy (non-hydrogen) atoms. The van der Waals surface area contributed by atoms with Crippen molar-refractivity contribution in [3.63, 3.8) is 0 Å². The first-order valence-electron chi connectivity index (χ1n) is 6.18. The van der Waals surface area contributed by atoms with E-state index in [1.54, 1.807) is 7.11 Å². The summed E-state index contributed by atoms with van der Waals surface area (Å²) >= 11 is 1.87.